The third kappa shape index (κ3) is 2.82. The molecule has 1 aromatic rings. The van der Waals surface area contributed by atoms with Crippen molar-refractivity contribution < 1.29 is 9.90 Å². The van der Waals surface area contributed by atoms with Gasteiger partial charge in [0.2, 0.25) is 5.28 Å². The van der Waals surface area contributed by atoms with Gasteiger partial charge in [-0.15, -0.1) is 6.42 Å². The summed E-state index contributed by atoms with van der Waals surface area (Å²) in [6.07, 6.45) is 5.12. The number of hydrogen-bond acceptors (Lipinski definition) is 4. The topological polar surface area (TPSA) is 66.3 Å². The van der Waals surface area contributed by atoms with Crippen LogP contribution in [0.1, 0.15) is 10.5 Å². The minimum Gasteiger partial charge on any atom is -0.477 e. The van der Waals surface area contributed by atoms with Gasteiger partial charge in [0.25, 0.3) is 0 Å². The van der Waals surface area contributed by atoms with E-state index in [0.29, 0.717) is 12.4 Å². The highest BCUT2D eigenvalue weighted by Gasteiger charge is 2.11. The highest BCUT2D eigenvalue weighted by Crippen LogP contribution is 2.13. The molecule has 0 radical (unpaired) electrons. The Kier molecular flexibility index (Phi) is 3.47. The fraction of sp³-hybridized carbons (Fsp3) is 0.222. The summed E-state index contributed by atoms with van der Waals surface area (Å²) in [6, 6.07) is 1.31. The van der Waals surface area contributed by atoms with E-state index in [2.05, 4.69) is 15.9 Å². The summed E-state index contributed by atoms with van der Waals surface area (Å²) in [5.74, 6) is 1.63. The summed E-state index contributed by atoms with van der Waals surface area (Å²) >= 11 is 5.57. The molecule has 0 aliphatic rings. The first-order valence-corrected chi connectivity index (χ1v) is 4.35. The number of aromatic carboxylic acids is 1. The van der Waals surface area contributed by atoms with Crippen LogP contribution < -0.4 is 4.90 Å². The zero-order valence-electron chi connectivity index (χ0n) is 7.94. The van der Waals surface area contributed by atoms with Crippen LogP contribution in [0.2, 0.25) is 5.28 Å². The van der Waals surface area contributed by atoms with E-state index in [1.165, 1.54) is 6.07 Å². The molecule has 0 spiro atoms. The van der Waals surface area contributed by atoms with E-state index in [9.17, 15) is 4.79 Å². The quantitative estimate of drug-likeness (QED) is 0.612. The number of nitrogens with zero attached hydrogens (tertiary/aromatic N) is 3. The molecule has 0 aromatic carbocycles. The predicted molar refractivity (Wildman–Crippen MR) is 56.1 cm³/mol. The third-order valence-electron chi connectivity index (χ3n) is 1.62. The van der Waals surface area contributed by atoms with Gasteiger partial charge in [-0.1, -0.05) is 5.92 Å². The molecule has 1 rings (SSSR count). The molecule has 0 aliphatic carbocycles. The van der Waals surface area contributed by atoms with Gasteiger partial charge in [-0.3, -0.25) is 0 Å². The number of carboxylic acid groups (broad SMARTS) is 1. The van der Waals surface area contributed by atoms with E-state index in [-0.39, 0.29) is 11.0 Å². The molecule has 0 saturated heterocycles. The highest BCUT2D eigenvalue weighted by atomic mass is 35.5. The fourth-order valence-electron chi connectivity index (χ4n) is 0.929. The first-order valence-electron chi connectivity index (χ1n) is 3.97. The Morgan fingerprint density at radius 2 is 2.40 bits per heavy atom. The average Bonchev–Trinajstić information content (AvgIpc) is 2.17. The van der Waals surface area contributed by atoms with Crippen LogP contribution in [0.15, 0.2) is 6.07 Å². The standard InChI is InChI=1S/C9H8ClN3O2/c1-3-4-13(2)7-5-6(8(14)15)11-9(10)12-7/h1,5H,4H2,2H3,(H,14,15). The molecule has 0 atom stereocenters. The number of hydrogen-bond donors (Lipinski definition) is 1. The van der Waals surface area contributed by atoms with Gasteiger partial charge in [0.1, 0.15) is 5.82 Å². The lowest BCUT2D eigenvalue weighted by Gasteiger charge is -2.14. The van der Waals surface area contributed by atoms with Crippen LogP contribution in [-0.4, -0.2) is 34.6 Å². The third-order valence-corrected chi connectivity index (χ3v) is 1.79. The minimum atomic E-state index is -1.16. The molecule has 1 aromatic heterocycles. The van der Waals surface area contributed by atoms with Crippen LogP contribution in [0.25, 0.3) is 0 Å². The molecule has 15 heavy (non-hydrogen) atoms. The second-order valence-electron chi connectivity index (χ2n) is 2.75. The first-order chi connectivity index (χ1) is 7.04. The Balaban J connectivity index is 3.09. The summed E-state index contributed by atoms with van der Waals surface area (Å²) in [6.45, 7) is 0.312. The molecule has 0 fully saturated rings. The number of rotatable bonds is 3. The zero-order valence-corrected chi connectivity index (χ0v) is 8.69. The van der Waals surface area contributed by atoms with Crippen molar-refractivity contribution in [3.63, 3.8) is 0 Å². The lowest BCUT2D eigenvalue weighted by Crippen LogP contribution is -2.19. The normalized spacial score (nSPS) is 9.40. The molecule has 5 nitrogen and oxygen atoms in total. The van der Waals surface area contributed by atoms with Gasteiger partial charge in [-0.05, 0) is 11.6 Å². The van der Waals surface area contributed by atoms with Crippen molar-refractivity contribution in [3.05, 3.63) is 17.0 Å². The highest BCUT2D eigenvalue weighted by molar-refractivity contribution is 6.28. The number of carbonyl (C=O) groups is 1. The largest absolute Gasteiger partial charge is 0.477 e. The Hall–Kier alpha value is -1.80. The molecule has 0 saturated carbocycles. The van der Waals surface area contributed by atoms with Gasteiger partial charge in [0, 0.05) is 13.1 Å². The van der Waals surface area contributed by atoms with E-state index in [1.807, 2.05) is 0 Å². The minimum absolute atomic E-state index is 0.117. The Bertz CT molecular complexity index is 428. The maximum absolute atomic E-state index is 10.7. The van der Waals surface area contributed by atoms with E-state index in [0.717, 1.165) is 0 Å². The summed E-state index contributed by atoms with van der Waals surface area (Å²) in [4.78, 5) is 19.7. The fourth-order valence-corrected chi connectivity index (χ4v) is 1.11. The number of anilines is 1. The molecule has 6 heteroatoms. The number of carboxylic acids is 1. The summed E-state index contributed by atoms with van der Waals surface area (Å²) in [5, 5.41) is 8.62. The van der Waals surface area contributed by atoms with Crippen LogP contribution in [-0.2, 0) is 0 Å². The van der Waals surface area contributed by atoms with Crippen LogP contribution >= 0.6 is 11.6 Å². The van der Waals surface area contributed by atoms with Crippen LogP contribution in [0.5, 0.6) is 0 Å². The Labute approximate surface area is 91.7 Å². The molecular weight excluding hydrogens is 218 g/mol. The van der Waals surface area contributed by atoms with E-state index < -0.39 is 5.97 Å². The lowest BCUT2D eigenvalue weighted by molar-refractivity contribution is 0.0690. The molecule has 78 valence electrons. The van der Waals surface area contributed by atoms with Crippen LogP contribution in [0.3, 0.4) is 0 Å². The van der Waals surface area contributed by atoms with Crippen molar-refractivity contribution in [1.82, 2.24) is 9.97 Å². The van der Waals surface area contributed by atoms with E-state index in [1.54, 1.807) is 11.9 Å². The van der Waals surface area contributed by atoms with Crippen molar-refractivity contribution in [3.8, 4) is 12.3 Å². The van der Waals surface area contributed by atoms with Gasteiger partial charge < -0.3 is 10.0 Å². The zero-order chi connectivity index (χ0) is 11.4. The van der Waals surface area contributed by atoms with Crippen LogP contribution in [0.4, 0.5) is 5.82 Å². The predicted octanol–water partition coefficient (Wildman–Crippen LogP) is 0.898. The Morgan fingerprint density at radius 1 is 1.73 bits per heavy atom. The van der Waals surface area contributed by atoms with Gasteiger partial charge in [-0.2, -0.15) is 0 Å². The average molecular weight is 226 g/mol. The molecule has 0 amide bonds. The van der Waals surface area contributed by atoms with Crippen molar-refractivity contribution in [1.29, 1.82) is 0 Å². The molecular formula is C9H8ClN3O2. The summed E-state index contributed by atoms with van der Waals surface area (Å²) in [7, 11) is 1.68. The lowest BCUT2D eigenvalue weighted by atomic mass is 10.4. The molecule has 1 heterocycles. The van der Waals surface area contributed by atoms with E-state index >= 15 is 0 Å². The SMILES string of the molecule is C#CCN(C)c1cc(C(=O)O)nc(Cl)n1. The number of aromatic nitrogens is 2. The van der Waals surface area contributed by atoms with Crippen LogP contribution in [0, 0.1) is 12.3 Å². The van der Waals surface area contributed by atoms with Crippen molar-refractivity contribution >= 4 is 23.4 Å². The number of terminal acetylenes is 1. The van der Waals surface area contributed by atoms with Crippen molar-refractivity contribution in [2.45, 2.75) is 0 Å². The molecule has 0 bridgehead atoms. The Morgan fingerprint density at radius 3 is 2.93 bits per heavy atom. The van der Waals surface area contributed by atoms with E-state index in [4.69, 9.17) is 23.1 Å². The molecule has 0 aliphatic heterocycles. The summed E-state index contributed by atoms with van der Waals surface area (Å²) in [5.41, 5.74) is -0.158. The van der Waals surface area contributed by atoms with Gasteiger partial charge >= 0.3 is 5.97 Å². The monoisotopic (exact) mass is 225 g/mol. The maximum Gasteiger partial charge on any atom is 0.354 e. The van der Waals surface area contributed by atoms with Gasteiger partial charge in [-0.25, -0.2) is 14.8 Å². The van der Waals surface area contributed by atoms with Gasteiger partial charge in [0.05, 0.1) is 6.54 Å². The van der Waals surface area contributed by atoms with Gasteiger partial charge in [0.15, 0.2) is 5.69 Å². The first kappa shape index (κ1) is 11.3. The van der Waals surface area contributed by atoms with Crippen molar-refractivity contribution in [2.24, 2.45) is 0 Å². The summed E-state index contributed by atoms with van der Waals surface area (Å²) < 4.78 is 0. The number of halogens is 1. The molecule has 0 unspecified atom stereocenters. The smallest absolute Gasteiger partial charge is 0.354 e. The molecule has 1 N–H and O–H groups in total. The second-order valence-corrected chi connectivity index (χ2v) is 3.08. The second kappa shape index (κ2) is 4.62. The maximum atomic E-state index is 10.7. The van der Waals surface area contributed by atoms with Crippen molar-refractivity contribution in [2.75, 3.05) is 18.5 Å².